The molecule has 0 radical (unpaired) electrons. The van der Waals surface area contributed by atoms with Gasteiger partial charge in [-0.3, -0.25) is 9.59 Å². The summed E-state index contributed by atoms with van der Waals surface area (Å²) in [6, 6.07) is 33.1. The second kappa shape index (κ2) is 23.2. The number of primary amides is 1. The van der Waals surface area contributed by atoms with Crippen molar-refractivity contribution < 1.29 is 48.1 Å². The van der Waals surface area contributed by atoms with Gasteiger partial charge < -0.3 is 46.3 Å². The predicted molar refractivity (Wildman–Crippen MR) is 245 cm³/mol. The summed E-state index contributed by atoms with van der Waals surface area (Å²) in [5.74, 6) is -2.30. The third kappa shape index (κ3) is 16.3. The van der Waals surface area contributed by atoms with Gasteiger partial charge in [-0.1, -0.05) is 103 Å². The summed E-state index contributed by atoms with van der Waals surface area (Å²) in [7, 11) is 0. The Morgan fingerprint density at radius 1 is 0.641 bits per heavy atom. The van der Waals surface area contributed by atoms with Gasteiger partial charge in [0.2, 0.25) is 11.8 Å². The van der Waals surface area contributed by atoms with E-state index in [1.807, 2.05) is 91.0 Å². The third-order valence-corrected chi connectivity index (χ3v) is 11.1. The number of rotatable bonds is 20. The Bertz CT molecular complexity index is 2070. The molecular weight excluding hydrogens is 839 g/mol. The number of carboxylic acid groups (broad SMARTS) is 1. The standard InChI is InChI=1S/C48H59N5O10S/c1-46(2,3)62-43(58)50-28-16-23-38(52-44(59)61-36-26-24-32(25-27-36)29-39(42(56)57)53-45(60)63-47(4,5)6)41(55)51-31-37(30-40(49)54)64-48(33-17-10-7-11-18-33,34-19-12-8-13-20-34)35-21-14-9-15-22-35/h7-15,17-22,24-27,37-39H,16,23,28-31H2,1-6H3,(H2,49,54)(H,50,58)(H,51,55)(H,52,59)(H,53,60)(H,56,57)/t37?,38-,39-/m0/s1. The lowest BCUT2D eigenvalue weighted by Gasteiger charge is -2.38. The van der Waals surface area contributed by atoms with E-state index in [1.54, 1.807) is 53.7 Å². The van der Waals surface area contributed by atoms with E-state index in [2.05, 4.69) is 21.3 Å². The van der Waals surface area contributed by atoms with E-state index < -0.39 is 69.3 Å². The van der Waals surface area contributed by atoms with Crippen LogP contribution in [-0.4, -0.2) is 82.8 Å². The number of amides is 5. The number of hydrogen-bond donors (Lipinski definition) is 6. The summed E-state index contributed by atoms with van der Waals surface area (Å²) in [5, 5.41) is 19.7. The molecule has 0 saturated carbocycles. The number of aliphatic carboxylic acids is 1. The highest BCUT2D eigenvalue weighted by Crippen LogP contribution is 2.50. The van der Waals surface area contributed by atoms with Crippen LogP contribution >= 0.6 is 11.8 Å². The second-order valence-corrected chi connectivity index (χ2v) is 18.5. The van der Waals surface area contributed by atoms with Gasteiger partial charge in [0, 0.05) is 31.2 Å². The topological polar surface area (TPSA) is 224 Å². The molecule has 0 aliphatic heterocycles. The molecule has 3 atom stereocenters. The Kier molecular flexibility index (Phi) is 18.2. The molecule has 0 heterocycles. The smallest absolute Gasteiger partial charge is 0.413 e. The number of alkyl carbamates (subject to hydrolysis) is 2. The van der Waals surface area contributed by atoms with Crippen molar-refractivity contribution in [3.8, 4) is 5.75 Å². The zero-order valence-electron chi connectivity index (χ0n) is 37.1. The molecule has 0 saturated heterocycles. The SMILES string of the molecule is CC(C)(C)OC(=O)NCCC[C@H](NC(=O)Oc1ccc(C[C@H](NC(=O)OC(C)(C)C)C(=O)O)cc1)C(=O)NCC(CC(N)=O)SC(c1ccccc1)(c1ccccc1)c1ccccc1. The molecule has 4 rings (SSSR count). The van der Waals surface area contributed by atoms with E-state index >= 15 is 0 Å². The normalized spacial score (nSPS) is 13.0. The molecule has 5 amide bonds. The highest BCUT2D eigenvalue weighted by molar-refractivity contribution is 8.01. The average molecular weight is 898 g/mol. The number of carbonyl (C=O) groups is 6. The maximum atomic E-state index is 14.1. The van der Waals surface area contributed by atoms with Gasteiger partial charge >= 0.3 is 24.2 Å². The highest BCUT2D eigenvalue weighted by Gasteiger charge is 2.40. The molecule has 1 unspecified atom stereocenters. The minimum atomic E-state index is -1.29. The van der Waals surface area contributed by atoms with Crippen LogP contribution < -0.4 is 31.7 Å². The summed E-state index contributed by atoms with van der Waals surface area (Å²) in [6.45, 7) is 10.3. The molecule has 7 N–H and O–H groups in total. The number of benzene rings is 4. The Morgan fingerprint density at radius 3 is 1.59 bits per heavy atom. The van der Waals surface area contributed by atoms with E-state index in [0.717, 1.165) is 16.7 Å². The van der Waals surface area contributed by atoms with Crippen LogP contribution in [-0.2, 0) is 35.0 Å². The van der Waals surface area contributed by atoms with Gasteiger partial charge in [-0.05, 0) is 88.8 Å². The van der Waals surface area contributed by atoms with Crippen molar-refractivity contribution in [3.63, 3.8) is 0 Å². The van der Waals surface area contributed by atoms with Crippen molar-refractivity contribution in [1.82, 2.24) is 21.3 Å². The minimum Gasteiger partial charge on any atom is -0.480 e. The largest absolute Gasteiger partial charge is 0.480 e. The van der Waals surface area contributed by atoms with Crippen LogP contribution in [0.25, 0.3) is 0 Å². The zero-order valence-corrected chi connectivity index (χ0v) is 37.9. The number of carboxylic acids is 1. The first-order chi connectivity index (χ1) is 30.2. The molecular formula is C48H59N5O10S. The maximum Gasteiger partial charge on any atom is 0.413 e. The van der Waals surface area contributed by atoms with E-state index in [4.69, 9.17) is 19.9 Å². The van der Waals surface area contributed by atoms with Crippen molar-refractivity contribution in [3.05, 3.63) is 138 Å². The van der Waals surface area contributed by atoms with Gasteiger partial charge in [0.15, 0.2) is 0 Å². The van der Waals surface area contributed by atoms with E-state index in [0.29, 0.717) is 5.56 Å². The molecule has 0 aliphatic carbocycles. The molecule has 64 heavy (non-hydrogen) atoms. The minimum absolute atomic E-state index is 0.00827. The molecule has 4 aromatic rings. The first-order valence-corrected chi connectivity index (χ1v) is 21.8. The van der Waals surface area contributed by atoms with Gasteiger partial charge in [0.25, 0.3) is 0 Å². The van der Waals surface area contributed by atoms with Crippen LogP contribution in [0, 0.1) is 0 Å². The molecule has 15 nitrogen and oxygen atoms in total. The van der Waals surface area contributed by atoms with Crippen LogP contribution in [0.1, 0.15) is 83.1 Å². The molecule has 0 spiro atoms. The van der Waals surface area contributed by atoms with Gasteiger partial charge in [0.1, 0.15) is 29.0 Å². The van der Waals surface area contributed by atoms with E-state index in [1.165, 1.54) is 23.9 Å². The number of ether oxygens (including phenoxy) is 3. The van der Waals surface area contributed by atoms with E-state index in [-0.39, 0.29) is 44.5 Å². The molecule has 342 valence electrons. The summed E-state index contributed by atoms with van der Waals surface area (Å²) < 4.78 is 15.2. The Hall–Kier alpha value is -6.55. The second-order valence-electron chi connectivity index (χ2n) is 17.0. The van der Waals surface area contributed by atoms with Gasteiger partial charge in [-0.2, -0.15) is 0 Å². The first kappa shape index (κ1) is 50.1. The molecule has 0 fully saturated rings. The third-order valence-electron chi connectivity index (χ3n) is 9.33. The number of carbonyl (C=O) groups excluding carboxylic acids is 5. The molecule has 16 heteroatoms. The maximum absolute atomic E-state index is 14.1. The Balaban J connectivity index is 1.53. The zero-order chi connectivity index (χ0) is 46.9. The quantitative estimate of drug-likeness (QED) is 0.0389. The summed E-state index contributed by atoms with van der Waals surface area (Å²) in [5.41, 5.74) is 7.66. The Morgan fingerprint density at radius 2 is 1.12 bits per heavy atom. The van der Waals surface area contributed by atoms with Gasteiger partial charge in [-0.25, -0.2) is 19.2 Å². The highest BCUT2D eigenvalue weighted by atomic mass is 32.2. The summed E-state index contributed by atoms with van der Waals surface area (Å²) >= 11 is 1.49. The summed E-state index contributed by atoms with van der Waals surface area (Å²) in [4.78, 5) is 76.5. The predicted octanol–water partition coefficient (Wildman–Crippen LogP) is 7.05. The van der Waals surface area contributed by atoms with Crippen molar-refractivity contribution >= 4 is 47.8 Å². The van der Waals surface area contributed by atoms with Crippen molar-refractivity contribution in [2.45, 2.75) is 101 Å². The fourth-order valence-corrected chi connectivity index (χ4v) is 8.36. The van der Waals surface area contributed by atoms with Crippen LogP contribution in [0.5, 0.6) is 5.75 Å². The van der Waals surface area contributed by atoms with E-state index in [9.17, 15) is 33.9 Å². The molecule has 0 bridgehead atoms. The average Bonchev–Trinajstić information content (AvgIpc) is 3.22. The van der Waals surface area contributed by atoms with Crippen LogP contribution in [0.15, 0.2) is 115 Å². The fourth-order valence-electron chi connectivity index (χ4n) is 6.63. The number of nitrogens with one attached hydrogen (secondary N) is 4. The molecule has 4 aromatic carbocycles. The number of hydrogen-bond acceptors (Lipinski definition) is 10. The lowest BCUT2D eigenvalue weighted by atomic mass is 9.84. The van der Waals surface area contributed by atoms with Crippen molar-refractivity contribution in [2.24, 2.45) is 5.73 Å². The summed E-state index contributed by atoms with van der Waals surface area (Å²) in [6.07, 6.45) is -2.30. The molecule has 0 aromatic heterocycles. The van der Waals surface area contributed by atoms with Crippen LogP contribution in [0.2, 0.25) is 0 Å². The first-order valence-electron chi connectivity index (χ1n) is 20.9. The number of nitrogens with two attached hydrogens (primary N) is 1. The lowest BCUT2D eigenvalue weighted by molar-refractivity contribution is -0.139. The van der Waals surface area contributed by atoms with Crippen molar-refractivity contribution in [1.29, 1.82) is 0 Å². The van der Waals surface area contributed by atoms with Gasteiger partial charge in [0.05, 0.1) is 4.75 Å². The lowest BCUT2D eigenvalue weighted by Crippen LogP contribution is -2.49. The fraction of sp³-hybridized carbons (Fsp3) is 0.375. The Labute approximate surface area is 378 Å². The van der Waals surface area contributed by atoms with Crippen LogP contribution in [0.4, 0.5) is 14.4 Å². The van der Waals surface area contributed by atoms with Gasteiger partial charge in [-0.15, -0.1) is 11.8 Å². The monoisotopic (exact) mass is 897 g/mol. The molecule has 0 aliphatic rings. The van der Waals surface area contributed by atoms with Crippen LogP contribution in [0.3, 0.4) is 0 Å². The van der Waals surface area contributed by atoms with Crippen molar-refractivity contribution in [2.75, 3.05) is 13.1 Å². The number of thioether (sulfide) groups is 1.